The Hall–Kier alpha value is -1.68. The van der Waals surface area contributed by atoms with Crippen molar-refractivity contribution in [3.8, 4) is 0 Å². The van der Waals surface area contributed by atoms with Crippen LogP contribution in [0.3, 0.4) is 0 Å². The van der Waals surface area contributed by atoms with Crippen molar-refractivity contribution < 1.29 is 0 Å². The minimum atomic E-state index is 0.625. The minimum Gasteiger partial charge on any atom is -0.340 e. The topological polar surface area (TPSA) is 55.0 Å². The van der Waals surface area contributed by atoms with E-state index in [2.05, 4.69) is 21.8 Å². The van der Waals surface area contributed by atoms with E-state index in [1.807, 2.05) is 30.5 Å². The van der Waals surface area contributed by atoms with Crippen molar-refractivity contribution in [3.63, 3.8) is 0 Å². The lowest BCUT2D eigenvalue weighted by Crippen LogP contribution is -2.31. The molecule has 1 aromatic heterocycles. The van der Waals surface area contributed by atoms with Crippen LogP contribution in [-0.2, 0) is 0 Å². The summed E-state index contributed by atoms with van der Waals surface area (Å²) in [7, 11) is 0. The lowest BCUT2D eigenvalue weighted by Gasteiger charge is -2.21. The summed E-state index contributed by atoms with van der Waals surface area (Å²) in [5.41, 5.74) is 6.64. The van der Waals surface area contributed by atoms with Gasteiger partial charge in [0, 0.05) is 31.2 Å². The zero-order valence-electron chi connectivity index (χ0n) is 10.8. The fraction of sp³-hybridized carbons (Fsp3) is 0.429. The lowest BCUT2D eigenvalue weighted by atomic mass is 10.2. The molecule has 2 rings (SSSR count). The number of rotatable bonds is 6. The molecule has 2 N–H and O–H groups in total. The highest BCUT2D eigenvalue weighted by Crippen LogP contribution is 2.14. The fourth-order valence-electron chi connectivity index (χ4n) is 1.93. The van der Waals surface area contributed by atoms with Gasteiger partial charge in [0.25, 0.3) is 0 Å². The summed E-state index contributed by atoms with van der Waals surface area (Å²) in [6.07, 6.45) is 4.18. The largest absolute Gasteiger partial charge is 0.340 e. The highest BCUT2D eigenvalue weighted by Gasteiger charge is 2.08. The van der Waals surface area contributed by atoms with Crippen molar-refractivity contribution in [2.24, 2.45) is 5.73 Å². The molecule has 0 atom stereocenters. The van der Waals surface area contributed by atoms with Crippen LogP contribution < -0.4 is 10.6 Å². The smallest absolute Gasteiger partial charge is 0.225 e. The van der Waals surface area contributed by atoms with Crippen molar-refractivity contribution in [1.29, 1.82) is 0 Å². The second-order valence-electron chi connectivity index (χ2n) is 4.36. The standard InChI is InChI=1S/C14H20N4/c1-2-3-9-18(10-8-15)14-16-11-12-6-4-5-7-13(12)17-14/h4-7,11H,2-3,8-10,15H2,1H3. The van der Waals surface area contributed by atoms with Crippen LogP contribution in [0.1, 0.15) is 19.8 Å². The average Bonchev–Trinajstić information content (AvgIpc) is 2.43. The van der Waals surface area contributed by atoms with Gasteiger partial charge in [-0.3, -0.25) is 0 Å². The molecule has 1 aromatic carbocycles. The quantitative estimate of drug-likeness (QED) is 0.846. The van der Waals surface area contributed by atoms with Crippen molar-refractivity contribution in [3.05, 3.63) is 30.5 Å². The van der Waals surface area contributed by atoms with Crippen LogP contribution in [0.4, 0.5) is 5.95 Å². The first-order valence-electron chi connectivity index (χ1n) is 6.52. The van der Waals surface area contributed by atoms with E-state index in [0.29, 0.717) is 6.54 Å². The lowest BCUT2D eigenvalue weighted by molar-refractivity contribution is 0.699. The number of hydrogen-bond donors (Lipinski definition) is 1. The normalized spacial score (nSPS) is 10.8. The molecule has 2 aromatic rings. The molecule has 0 unspecified atom stereocenters. The number of unbranched alkanes of at least 4 members (excludes halogenated alkanes) is 1. The number of anilines is 1. The van der Waals surface area contributed by atoms with Crippen molar-refractivity contribution in [1.82, 2.24) is 9.97 Å². The summed E-state index contributed by atoms with van der Waals surface area (Å²) in [4.78, 5) is 11.2. The number of fused-ring (bicyclic) bond motifs is 1. The van der Waals surface area contributed by atoms with Gasteiger partial charge in [-0.2, -0.15) is 0 Å². The molecular weight excluding hydrogens is 224 g/mol. The van der Waals surface area contributed by atoms with E-state index in [4.69, 9.17) is 5.73 Å². The van der Waals surface area contributed by atoms with E-state index in [1.165, 1.54) is 0 Å². The number of hydrogen-bond acceptors (Lipinski definition) is 4. The molecule has 96 valence electrons. The van der Waals surface area contributed by atoms with E-state index in [1.54, 1.807) is 0 Å². The number of benzene rings is 1. The maximum atomic E-state index is 5.65. The monoisotopic (exact) mass is 244 g/mol. The average molecular weight is 244 g/mol. The zero-order valence-corrected chi connectivity index (χ0v) is 10.8. The van der Waals surface area contributed by atoms with E-state index in [0.717, 1.165) is 42.8 Å². The molecule has 0 spiro atoms. The first-order chi connectivity index (χ1) is 8.85. The molecule has 0 aliphatic heterocycles. The number of para-hydroxylation sites is 1. The van der Waals surface area contributed by atoms with Crippen LogP contribution in [0.5, 0.6) is 0 Å². The van der Waals surface area contributed by atoms with Crippen LogP contribution in [0.15, 0.2) is 30.5 Å². The Morgan fingerprint density at radius 2 is 2.06 bits per heavy atom. The van der Waals surface area contributed by atoms with Gasteiger partial charge in [-0.25, -0.2) is 9.97 Å². The van der Waals surface area contributed by atoms with Crippen LogP contribution in [0.25, 0.3) is 10.9 Å². The number of aromatic nitrogens is 2. The highest BCUT2D eigenvalue weighted by atomic mass is 15.2. The molecule has 4 heteroatoms. The summed E-state index contributed by atoms with van der Waals surface area (Å²) in [6.45, 7) is 4.58. The molecule has 0 aliphatic rings. The summed E-state index contributed by atoms with van der Waals surface area (Å²) in [6, 6.07) is 8.04. The van der Waals surface area contributed by atoms with Crippen molar-refractivity contribution >= 4 is 16.9 Å². The Labute approximate surface area is 108 Å². The first-order valence-corrected chi connectivity index (χ1v) is 6.52. The molecule has 0 fully saturated rings. The van der Waals surface area contributed by atoms with Gasteiger partial charge in [0.05, 0.1) is 5.52 Å². The Balaban J connectivity index is 2.25. The van der Waals surface area contributed by atoms with Gasteiger partial charge >= 0.3 is 0 Å². The zero-order chi connectivity index (χ0) is 12.8. The molecule has 0 amide bonds. The van der Waals surface area contributed by atoms with Crippen LogP contribution >= 0.6 is 0 Å². The molecule has 0 saturated heterocycles. The van der Waals surface area contributed by atoms with Gasteiger partial charge in [-0.1, -0.05) is 31.5 Å². The van der Waals surface area contributed by atoms with E-state index in [9.17, 15) is 0 Å². The molecule has 0 radical (unpaired) electrons. The fourth-order valence-corrected chi connectivity index (χ4v) is 1.93. The molecule has 1 heterocycles. The second kappa shape index (κ2) is 6.31. The van der Waals surface area contributed by atoms with Gasteiger partial charge in [0.15, 0.2) is 0 Å². The minimum absolute atomic E-state index is 0.625. The van der Waals surface area contributed by atoms with E-state index >= 15 is 0 Å². The van der Waals surface area contributed by atoms with E-state index < -0.39 is 0 Å². The van der Waals surface area contributed by atoms with Gasteiger partial charge in [0.1, 0.15) is 0 Å². The Kier molecular flexibility index (Phi) is 4.47. The SMILES string of the molecule is CCCCN(CCN)c1ncc2ccccc2n1. The predicted octanol–water partition coefficient (Wildman–Crippen LogP) is 2.20. The summed E-state index contributed by atoms with van der Waals surface area (Å²) in [5.74, 6) is 0.785. The molecule has 0 bridgehead atoms. The highest BCUT2D eigenvalue weighted by molar-refractivity contribution is 5.78. The Morgan fingerprint density at radius 3 is 2.83 bits per heavy atom. The van der Waals surface area contributed by atoms with Gasteiger partial charge in [0.2, 0.25) is 5.95 Å². The second-order valence-corrected chi connectivity index (χ2v) is 4.36. The van der Waals surface area contributed by atoms with Gasteiger partial charge in [-0.05, 0) is 12.5 Å². The van der Waals surface area contributed by atoms with Crippen molar-refractivity contribution in [2.75, 3.05) is 24.5 Å². The predicted molar refractivity (Wildman–Crippen MR) is 75.7 cm³/mol. The molecule has 0 aliphatic carbocycles. The number of nitrogens with two attached hydrogens (primary N) is 1. The summed E-state index contributed by atoms with van der Waals surface area (Å²) >= 11 is 0. The van der Waals surface area contributed by atoms with Gasteiger partial charge in [-0.15, -0.1) is 0 Å². The third kappa shape index (κ3) is 2.96. The third-order valence-corrected chi connectivity index (χ3v) is 2.94. The first kappa shape index (κ1) is 12.8. The molecule has 0 saturated carbocycles. The van der Waals surface area contributed by atoms with Crippen LogP contribution in [0.2, 0.25) is 0 Å². The van der Waals surface area contributed by atoms with E-state index in [-0.39, 0.29) is 0 Å². The van der Waals surface area contributed by atoms with Crippen molar-refractivity contribution in [2.45, 2.75) is 19.8 Å². The maximum Gasteiger partial charge on any atom is 0.225 e. The Morgan fingerprint density at radius 1 is 1.22 bits per heavy atom. The van der Waals surface area contributed by atoms with Crippen LogP contribution in [0, 0.1) is 0 Å². The molecular formula is C14H20N4. The molecule has 18 heavy (non-hydrogen) atoms. The maximum absolute atomic E-state index is 5.65. The summed E-state index contributed by atoms with van der Waals surface area (Å²) in [5, 5.41) is 1.07. The summed E-state index contributed by atoms with van der Waals surface area (Å²) < 4.78 is 0. The third-order valence-electron chi connectivity index (χ3n) is 2.94. The Bertz CT molecular complexity index is 498. The van der Waals surface area contributed by atoms with Crippen LogP contribution in [-0.4, -0.2) is 29.6 Å². The van der Waals surface area contributed by atoms with Gasteiger partial charge < -0.3 is 10.6 Å². The number of nitrogens with zero attached hydrogens (tertiary/aromatic N) is 3. The molecule has 4 nitrogen and oxygen atoms in total.